The van der Waals surface area contributed by atoms with Gasteiger partial charge in [0.05, 0.1) is 6.17 Å². The van der Waals surface area contributed by atoms with Crippen LogP contribution in [0.15, 0.2) is 0 Å². The standard InChI is InChI=1S/C9H22N2/c1-7-11(6)8(2)10-9(3,4)5/h8,10H,7H2,1-6H3/t8-/m0/s1. The Morgan fingerprint density at radius 3 is 2.09 bits per heavy atom. The molecule has 2 heteroatoms. The third-order valence-corrected chi connectivity index (χ3v) is 1.80. The highest BCUT2D eigenvalue weighted by Gasteiger charge is 2.15. The Labute approximate surface area is 71.0 Å². The van der Waals surface area contributed by atoms with Crippen molar-refractivity contribution in [2.24, 2.45) is 0 Å². The average Bonchev–Trinajstić information content (AvgIpc) is 1.82. The summed E-state index contributed by atoms with van der Waals surface area (Å²) in [4.78, 5) is 2.28. The van der Waals surface area contributed by atoms with E-state index in [1.54, 1.807) is 0 Å². The van der Waals surface area contributed by atoms with Gasteiger partial charge in [0.15, 0.2) is 0 Å². The van der Waals surface area contributed by atoms with Crippen LogP contribution in [0.2, 0.25) is 0 Å². The van der Waals surface area contributed by atoms with E-state index in [4.69, 9.17) is 0 Å². The number of hydrogen-bond acceptors (Lipinski definition) is 2. The van der Waals surface area contributed by atoms with E-state index in [1.165, 1.54) is 0 Å². The molecule has 0 aliphatic rings. The Morgan fingerprint density at radius 2 is 1.82 bits per heavy atom. The molecule has 0 unspecified atom stereocenters. The zero-order chi connectivity index (χ0) is 9.07. The Kier molecular flexibility index (Phi) is 4.04. The molecule has 0 aromatic heterocycles. The maximum absolute atomic E-state index is 3.50. The minimum absolute atomic E-state index is 0.211. The molecule has 0 heterocycles. The van der Waals surface area contributed by atoms with E-state index in [0.717, 1.165) is 6.54 Å². The van der Waals surface area contributed by atoms with Gasteiger partial charge in [0, 0.05) is 5.54 Å². The lowest BCUT2D eigenvalue weighted by Crippen LogP contribution is -2.49. The lowest BCUT2D eigenvalue weighted by molar-refractivity contribution is 0.190. The molecule has 0 radical (unpaired) electrons. The summed E-state index contributed by atoms with van der Waals surface area (Å²) in [7, 11) is 2.13. The van der Waals surface area contributed by atoms with E-state index in [1.807, 2.05) is 0 Å². The van der Waals surface area contributed by atoms with Crippen molar-refractivity contribution in [3.63, 3.8) is 0 Å². The molecule has 0 aliphatic heterocycles. The zero-order valence-electron chi connectivity index (χ0n) is 8.73. The van der Waals surface area contributed by atoms with Crippen molar-refractivity contribution in [2.45, 2.75) is 46.3 Å². The van der Waals surface area contributed by atoms with Crippen molar-refractivity contribution in [2.75, 3.05) is 13.6 Å². The fraction of sp³-hybridized carbons (Fsp3) is 1.00. The van der Waals surface area contributed by atoms with Gasteiger partial charge in [0.25, 0.3) is 0 Å². The van der Waals surface area contributed by atoms with Gasteiger partial charge in [0.2, 0.25) is 0 Å². The SMILES string of the molecule is CCN(C)[C@@H](C)NC(C)(C)C. The molecule has 0 bridgehead atoms. The van der Waals surface area contributed by atoms with E-state index >= 15 is 0 Å². The van der Waals surface area contributed by atoms with Gasteiger partial charge in [-0.05, 0) is 41.3 Å². The van der Waals surface area contributed by atoms with Gasteiger partial charge >= 0.3 is 0 Å². The first kappa shape index (κ1) is 10.9. The lowest BCUT2D eigenvalue weighted by atomic mass is 10.1. The van der Waals surface area contributed by atoms with E-state index in [-0.39, 0.29) is 5.54 Å². The van der Waals surface area contributed by atoms with Gasteiger partial charge in [-0.3, -0.25) is 10.2 Å². The van der Waals surface area contributed by atoms with Crippen LogP contribution in [0.3, 0.4) is 0 Å². The maximum Gasteiger partial charge on any atom is 0.0569 e. The van der Waals surface area contributed by atoms with E-state index in [9.17, 15) is 0 Å². The molecule has 0 aliphatic carbocycles. The average molecular weight is 158 g/mol. The molecule has 2 nitrogen and oxygen atoms in total. The molecular formula is C9H22N2. The molecule has 0 spiro atoms. The van der Waals surface area contributed by atoms with Gasteiger partial charge in [0.1, 0.15) is 0 Å². The summed E-state index contributed by atoms with van der Waals surface area (Å²) in [6.45, 7) is 12.0. The third kappa shape index (κ3) is 5.22. The summed E-state index contributed by atoms with van der Waals surface area (Å²) in [5.74, 6) is 0. The van der Waals surface area contributed by atoms with Gasteiger partial charge in [-0.2, -0.15) is 0 Å². The molecule has 1 atom stereocenters. The van der Waals surface area contributed by atoms with Crippen LogP contribution in [0, 0.1) is 0 Å². The summed E-state index contributed by atoms with van der Waals surface area (Å²) < 4.78 is 0. The Hall–Kier alpha value is -0.0800. The van der Waals surface area contributed by atoms with Gasteiger partial charge in [-0.1, -0.05) is 6.92 Å². The summed E-state index contributed by atoms with van der Waals surface area (Å²) in [6, 6.07) is 0. The Bertz CT molecular complexity index is 105. The second-order valence-electron chi connectivity index (χ2n) is 4.14. The van der Waals surface area contributed by atoms with Crippen LogP contribution in [0.5, 0.6) is 0 Å². The first-order valence-electron chi connectivity index (χ1n) is 4.34. The second-order valence-corrected chi connectivity index (χ2v) is 4.14. The van der Waals surface area contributed by atoms with Crippen LogP contribution in [-0.4, -0.2) is 30.2 Å². The highest BCUT2D eigenvalue weighted by Crippen LogP contribution is 2.02. The van der Waals surface area contributed by atoms with Crippen LogP contribution in [0.25, 0.3) is 0 Å². The molecule has 11 heavy (non-hydrogen) atoms. The summed E-state index contributed by atoms with van der Waals surface area (Å²) >= 11 is 0. The molecule has 0 amide bonds. The molecule has 0 aromatic carbocycles. The highest BCUT2D eigenvalue weighted by atomic mass is 15.3. The van der Waals surface area contributed by atoms with Crippen LogP contribution >= 0.6 is 0 Å². The molecule has 68 valence electrons. The maximum atomic E-state index is 3.50. The fourth-order valence-corrected chi connectivity index (χ4v) is 1.01. The Balaban J connectivity index is 3.77. The van der Waals surface area contributed by atoms with Crippen molar-refractivity contribution < 1.29 is 0 Å². The number of rotatable bonds is 3. The monoisotopic (exact) mass is 158 g/mol. The minimum Gasteiger partial charge on any atom is -0.297 e. The van der Waals surface area contributed by atoms with Crippen molar-refractivity contribution >= 4 is 0 Å². The first-order chi connectivity index (χ1) is 4.87. The minimum atomic E-state index is 0.211. The molecule has 0 saturated heterocycles. The normalized spacial score (nSPS) is 15.5. The quantitative estimate of drug-likeness (QED) is 0.629. The number of nitrogens with one attached hydrogen (secondary N) is 1. The summed E-state index contributed by atoms with van der Waals surface area (Å²) in [5.41, 5.74) is 0.211. The predicted octanol–water partition coefficient (Wildman–Crippen LogP) is 1.67. The van der Waals surface area contributed by atoms with Crippen molar-refractivity contribution in [1.29, 1.82) is 0 Å². The largest absolute Gasteiger partial charge is 0.297 e. The van der Waals surface area contributed by atoms with Gasteiger partial charge in [-0.15, -0.1) is 0 Å². The van der Waals surface area contributed by atoms with E-state index in [0.29, 0.717) is 6.17 Å². The molecule has 1 N–H and O–H groups in total. The van der Waals surface area contributed by atoms with Crippen LogP contribution < -0.4 is 5.32 Å². The van der Waals surface area contributed by atoms with Crippen LogP contribution in [0.1, 0.15) is 34.6 Å². The lowest BCUT2D eigenvalue weighted by Gasteiger charge is -2.31. The zero-order valence-corrected chi connectivity index (χ0v) is 8.73. The predicted molar refractivity (Wildman–Crippen MR) is 50.7 cm³/mol. The van der Waals surface area contributed by atoms with Crippen molar-refractivity contribution in [3.8, 4) is 0 Å². The Morgan fingerprint density at radius 1 is 1.36 bits per heavy atom. The molecular weight excluding hydrogens is 136 g/mol. The third-order valence-electron chi connectivity index (χ3n) is 1.80. The van der Waals surface area contributed by atoms with Crippen LogP contribution in [0.4, 0.5) is 0 Å². The van der Waals surface area contributed by atoms with Gasteiger partial charge < -0.3 is 0 Å². The van der Waals surface area contributed by atoms with E-state index in [2.05, 4.69) is 51.9 Å². The van der Waals surface area contributed by atoms with E-state index < -0.39 is 0 Å². The number of nitrogens with zero attached hydrogens (tertiary/aromatic N) is 1. The number of hydrogen-bond donors (Lipinski definition) is 1. The van der Waals surface area contributed by atoms with Gasteiger partial charge in [-0.25, -0.2) is 0 Å². The first-order valence-corrected chi connectivity index (χ1v) is 4.34. The fourth-order valence-electron chi connectivity index (χ4n) is 1.01. The van der Waals surface area contributed by atoms with Crippen molar-refractivity contribution in [1.82, 2.24) is 10.2 Å². The van der Waals surface area contributed by atoms with Crippen LogP contribution in [-0.2, 0) is 0 Å². The summed E-state index contributed by atoms with van der Waals surface area (Å²) in [6.07, 6.45) is 0.458. The smallest absolute Gasteiger partial charge is 0.0569 e. The molecule has 0 fully saturated rings. The molecule has 0 aromatic rings. The second kappa shape index (κ2) is 4.07. The molecule has 0 rings (SSSR count). The molecule has 0 saturated carbocycles. The van der Waals surface area contributed by atoms with Crippen molar-refractivity contribution in [3.05, 3.63) is 0 Å². The highest BCUT2D eigenvalue weighted by molar-refractivity contribution is 4.74. The topological polar surface area (TPSA) is 15.3 Å². The summed E-state index contributed by atoms with van der Waals surface area (Å²) in [5, 5.41) is 3.50.